The molecule has 2 N–H and O–H groups in total. The molecule has 0 fully saturated rings. The number of ether oxygens (including phenoxy) is 1. The topological polar surface area (TPSA) is 49.9 Å². The van der Waals surface area contributed by atoms with Gasteiger partial charge in [-0.15, -0.1) is 0 Å². The molecule has 3 aromatic rings. The van der Waals surface area contributed by atoms with Gasteiger partial charge in [0.05, 0.1) is 18.1 Å². The third-order valence-electron chi connectivity index (χ3n) is 3.14. The molecule has 1 aromatic heterocycles. The van der Waals surface area contributed by atoms with Gasteiger partial charge in [0.2, 0.25) is 0 Å². The number of nitrogens with zero attached hydrogens (tertiary/aromatic N) is 1. The van der Waals surface area contributed by atoms with Crippen molar-refractivity contribution in [2.45, 2.75) is 0 Å². The number of imidazole rings is 1. The van der Waals surface area contributed by atoms with Gasteiger partial charge in [0, 0.05) is 24.4 Å². The van der Waals surface area contributed by atoms with Gasteiger partial charge in [-0.3, -0.25) is 0 Å². The molecule has 0 saturated carbocycles. The zero-order chi connectivity index (χ0) is 13.2. The molecule has 4 nitrogen and oxygen atoms in total. The zero-order valence-corrected chi connectivity index (χ0v) is 10.9. The van der Waals surface area contributed by atoms with Crippen LogP contribution in [0.25, 0.3) is 22.4 Å². The first-order chi connectivity index (χ1) is 9.31. The number of hydrogen-bond acceptors (Lipinski definition) is 3. The Balaban J connectivity index is 2.15. The molecule has 0 aliphatic heterocycles. The van der Waals surface area contributed by atoms with Crippen molar-refractivity contribution < 1.29 is 4.74 Å². The van der Waals surface area contributed by atoms with Crippen LogP contribution < -0.4 is 10.1 Å². The van der Waals surface area contributed by atoms with E-state index in [1.54, 1.807) is 7.11 Å². The molecule has 2 aromatic carbocycles. The summed E-state index contributed by atoms with van der Waals surface area (Å²) in [5, 5.41) is 3.18. The molecule has 0 radical (unpaired) electrons. The van der Waals surface area contributed by atoms with E-state index < -0.39 is 0 Å². The summed E-state index contributed by atoms with van der Waals surface area (Å²) in [6.07, 6.45) is 0. The number of nitrogens with one attached hydrogen (secondary N) is 2. The maximum Gasteiger partial charge on any atom is 0.140 e. The van der Waals surface area contributed by atoms with Gasteiger partial charge in [0.1, 0.15) is 11.6 Å². The number of aromatic amines is 1. The molecule has 0 unspecified atom stereocenters. The van der Waals surface area contributed by atoms with Gasteiger partial charge < -0.3 is 15.0 Å². The molecule has 3 rings (SSSR count). The summed E-state index contributed by atoms with van der Waals surface area (Å²) in [7, 11) is 3.57. The average molecular weight is 253 g/mol. The SMILES string of the molecule is CNc1ccccc1-c1nc2ccc(OC)cc2[nH]1. The molecule has 0 aliphatic rings. The summed E-state index contributed by atoms with van der Waals surface area (Å²) >= 11 is 0. The Labute approximate surface area is 111 Å². The predicted octanol–water partition coefficient (Wildman–Crippen LogP) is 3.28. The lowest BCUT2D eigenvalue weighted by Crippen LogP contribution is -1.92. The second kappa shape index (κ2) is 4.65. The van der Waals surface area contributed by atoms with Crippen LogP contribution in [0.15, 0.2) is 42.5 Å². The maximum atomic E-state index is 5.22. The maximum absolute atomic E-state index is 5.22. The Bertz CT molecular complexity index is 718. The van der Waals surface area contributed by atoms with Crippen LogP contribution in [0.4, 0.5) is 5.69 Å². The highest BCUT2D eigenvalue weighted by Crippen LogP contribution is 2.28. The quantitative estimate of drug-likeness (QED) is 0.753. The van der Waals surface area contributed by atoms with Gasteiger partial charge in [0.15, 0.2) is 0 Å². The molecule has 0 saturated heterocycles. The fourth-order valence-corrected chi connectivity index (χ4v) is 2.15. The monoisotopic (exact) mass is 253 g/mol. The third-order valence-corrected chi connectivity index (χ3v) is 3.14. The minimum atomic E-state index is 0.824. The second-order valence-electron chi connectivity index (χ2n) is 4.26. The Hall–Kier alpha value is -2.49. The molecule has 96 valence electrons. The lowest BCUT2D eigenvalue weighted by atomic mass is 10.1. The predicted molar refractivity (Wildman–Crippen MR) is 77.6 cm³/mol. The number of fused-ring (bicyclic) bond motifs is 1. The van der Waals surface area contributed by atoms with Crippen LogP contribution in [0.3, 0.4) is 0 Å². The molecule has 0 amide bonds. The van der Waals surface area contributed by atoms with Crippen molar-refractivity contribution in [1.29, 1.82) is 0 Å². The van der Waals surface area contributed by atoms with Crippen molar-refractivity contribution in [2.24, 2.45) is 0 Å². The highest BCUT2D eigenvalue weighted by Gasteiger charge is 2.09. The molecular formula is C15H15N3O. The van der Waals surface area contributed by atoms with Crippen molar-refractivity contribution >= 4 is 16.7 Å². The average Bonchev–Trinajstić information content (AvgIpc) is 2.89. The third kappa shape index (κ3) is 2.01. The van der Waals surface area contributed by atoms with Crippen LogP contribution in [0.1, 0.15) is 0 Å². The van der Waals surface area contributed by atoms with E-state index in [1.807, 2.05) is 49.5 Å². The Morgan fingerprint density at radius 1 is 1.16 bits per heavy atom. The van der Waals surface area contributed by atoms with Crippen LogP contribution in [-0.2, 0) is 0 Å². The number of hydrogen-bond donors (Lipinski definition) is 2. The lowest BCUT2D eigenvalue weighted by molar-refractivity contribution is 0.415. The number of anilines is 1. The minimum Gasteiger partial charge on any atom is -0.497 e. The van der Waals surface area contributed by atoms with Gasteiger partial charge in [-0.05, 0) is 24.3 Å². The summed E-state index contributed by atoms with van der Waals surface area (Å²) in [6, 6.07) is 13.9. The molecule has 0 bridgehead atoms. The zero-order valence-electron chi connectivity index (χ0n) is 10.9. The summed E-state index contributed by atoms with van der Waals surface area (Å²) < 4.78 is 5.22. The van der Waals surface area contributed by atoms with Gasteiger partial charge in [-0.2, -0.15) is 0 Å². The van der Waals surface area contributed by atoms with Gasteiger partial charge in [0.25, 0.3) is 0 Å². The van der Waals surface area contributed by atoms with Crippen molar-refractivity contribution in [3.63, 3.8) is 0 Å². The van der Waals surface area contributed by atoms with E-state index in [-0.39, 0.29) is 0 Å². The summed E-state index contributed by atoms with van der Waals surface area (Å²) in [5.74, 6) is 1.68. The Morgan fingerprint density at radius 3 is 2.79 bits per heavy atom. The molecule has 1 heterocycles. The van der Waals surface area contributed by atoms with Crippen molar-refractivity contribution in [1.82, 2.24) is 9.97 Å². The van der Waals surface area contributed by atoms with Crippen LogP contribution in [0.2, 0.25) is 0 Å². The molecule has 0 aliphatic carbocycles. The van der Waals surface area contributed by atoms with E-state index in [1.165, 1.54) is 0 Å². The highest BCUT2D eigenvalue weighted by molar-refractivity contribution is 5.83. The second-order valence-corrected chi connectivity index (χ2v) is 4.26. The van der Waals surface area contributed by atoms with E-state index in [9.17, 15) is 0 Å². The van der Waals surface area contributed by atoms with Crippen LogP contribution in [0, 0.1) is 0 Å². The number of para-hydroxylation sites is 1. The van der Waals surface area contributed by atoms with Gasteiger partial charge >= 0.3 is 0 Å². The van der Waals surface area contributed by atoms with E-state index >= 15 is 0 Å². The Morgan fingerprint density at radius 2 is 2.00 bits per heavy atom. The first-order valence-electron chi connectivity index (χ1n) is 6.12. The van der Waals surface area contributed by atoms with E-state index in [4.69, 9.17) is 4.74 Å². The molecule has 19 heavy (non-hydrogen) atoms. The number of aromatic nitrogens is 2. The van der Waals surface area contributed by atoms with Gasteiger partial charge in [-0.1, -0.05) is 12.1 Å². The molecule has 0 atom stereocenters. The molecule has 4 heteroatoms. The highest BCUT2D eigenvalue weighted by atomic mass is 16.5. The van der Waals surface area contributed by atoms with Gasteiger partial charge in [-0.25, -0.2) is 4.98 Å². The van der Waals surface area contributed by atoms with Crippen LogP contribution >= 0.6 is 0 Å². The first kappa shape index (κ1) is 11.6. The van der Waals surface area contributed by atoms with Crippen molar-refractivity contribution in [3.05, 3.63) is 42.5 Å². The first-order valence-corrected chi connectivity index (χ1v) is 6.12. The smallest absolute Gasteiger partial charge is 0.140 e. The fourth-order valence-electron chi connectivity index (χ4n) is 2.15. The number of methoxy groups -OCH3 is 1. The lowest BCUT2D eigenvalue weighted by Gasteiger charge is -2.05. The number of H-pyrrole nitrogens is 1. The van der Waals surface area contributed by atoms with Crippen LogP contribution in [0.5, 0.6) is 5.75 Å². The molecule has 0 spiro atoms. The van der Waals surface area contributed by atoms with E-state index in [0.29, 0.717) is 0 Å². The van der Waals surface area contributed by atoms with Crippen molar-refractivity contribution in [2.75, 3.05) is 19.5 Å². The largest absolute Gasteiger partial charge is 0.497 e. The van der Waals surface area contributed by atoms with E-state index in [0.717, 1.165) is 33.9 Å². The summed E-state index contributed by atoms with van der Waals surface area (Å²) in [5.41, 5.74) is 4.01. The summed E-state index contributed by atoms with van der Waals surface area (Å²) in [4.78, 5) is 7.95. The minimum absolute atomic E-state index is 0.824. The van der Waals surface area contributed by atoms with Crippen LogP contribution in [-0.4, -0.2) is 24.1 Å². The van der Waals surface area contributed by atoms with Crippen molar-refractivity contribution in [3.8, 4) is 17.1 Å². The Kier molecular flexibility index (Phi) is 2.83. The number of benzene rings is 2. The van der Waals surface area contributed by atoms with E-state index in [2.05, 4.69) is 15.3 Å². The molecular weight excluding hydrogens is 238 g/mol. The standard InChI is InChI=1S/C15H15N3O/c1-16-12-6-4-3-5-11(12)15-17-13-8-7-10(19-2)9-14(13)18-15/h3-9,16H,1-2H3,(H,17,18). The summed E-state index contributed by atoms with van der Waals surface area (Å²) in [6.45, 7) is 0. The number of rotatable bonds is 3. The normalized spacial score (nSPS) is 10.6. The fraction of sp³-hybridized carbons (Fsp3) is 0.133.